The third-order valence-electron chi connectivity index (χ3n) is 7.17. The van der Waals surface area contributed by atoms with E-state index in [0.717, 1.165) is 16.0 Å². The van der Waals surface area contributed by atoms with Gasteiger partial charge in [0.2, 0.25) is 11.8 Å². The number of carbonyl (C=O) groups excluding carboxylic acids is 3. The summed E-state index contributed by atoms with van der Waals surface area (Å²) in [4.78, 5) is 44.9. The monoisotopic (exact) mass is 484 g/mol. The van der Waals surface area contributed by atoms with Crippen LogP contribution >= 0.6 is 11.6 Å². The second-order valence-electron chi connectivity index (χ2n) is 8.89. The van der Waals surface area contributed by atoms with E-state index < -0.39 is 29.8 Å². The lowest BCUT2D eigenvalue weighted by molar-refractivity contribution is -0.123. The highest BCUT2D eigenvalue weighted by Gasteiger charge is 2.64. The highest BCUT2D eigenvalue weighted by Crippen LogP contribution is 2.54. The molecule has 174 valence electrons. The van der Waals surface area contributed by atoms with E-state index in [-0.39, 0.29) is 11.7 Å². The number of ketones is 1. The molecule has 3 aliphatic heterocycles. The summed E-state index contributed by atoms with van der Waals surface area (Å²) in [6.45, 7) is 0. The van der Waals surface area contributed by atoms with Crippen molar-refractivity contribution < 1.29 is 19.1 Å². The Hall–Kier alpha value is -3.90. The fraction of sp³-hybridized carbons (Fsp3) is 0.179. The minimum atomic E-state index is -0.848. The molecule has 3 aromatic carbocycles. The van der Waals surface area contributed by atoms with Gasteiger partial charge in [0, 0.05) is 16.8 Å². The van der Waals surface area contributed by atoms with Gasteiger partial charge in [-0.15, -0.1) is 0 Å². The first-order valence-corrected chi connectivity index (χ1v) is 11.7. The maximum atomic E-state index is 14.0. The molecule has 3 aromatic rings. The van der Waals surface area contributed by atoms with E-state index in [2.05, 4.69) is 0 Å². The molecule has 0 aliphatic carbocycles. The Morgan fingerprint density at radius 1 is 0.914 bits per heavy atom. The molecule has 7 heteroatoms. The second kappa shape index (κ2) is 8.10. The van der Waals surface area contributed by atoms with Gasteiger partial charge in [-0.3, -0.25) is 14.4 Å². The van der Waals surface area contributed by atoms with Gasteiger partial charge >= 0.3 is 0 Å². The van der Waals surface area contributed by atoms with Gasteiger partial charge in [-0.25, -0.2) is 4.90 Å². The lowest BCUT2D eigenvalue weighted by Gasteiger charge is -2.35. The van der Waals surface area contributed by atoms with Crippen LogP contribution < -0.4 is 9.64 Å². The van der Waals surface area contributed by atoms with Gasteiger partial charge in [0.15, 0.2) is 5.78 Å². The number of imide groups is 1. The van der Waals surface area contributed by atoms with Gasteiger partial charge in [-0.1, -0.05) is 66.2 Å². The largest absolute Gasteiger partial charge is 0.495 e. The fourth-order valence-electron chi connectivity index (χ4n) is 5.71. The van der Waals surface area contributed by atoms with E-state index in [1.807, 2.05) is 47.5 Å². The second-order valence-corrected chi connectivity index (χ2v) is 9.33. The van der Waals surface area contributed by atoms with Crippen molar-refractivity contribution >= 4 is 41.0 Å². The fourth-order valence-corrected chi connectivity index (χ4v) is 5.87. The molecule has 0 saturated carbocycles. The van der Waals surface area contributed by atoms with Crippen LogP contribution in [0.1, 0.15) is 27.5 Å². The van der Waals surface area contributed by atoms with Crippen molar-refractivity contribution in [1.82, 2.24) is 4.90 Å². The van der Waals surface area contributed by atoms with Crippen LogP contribution in [-0.2, 0) is 9.59 Å². The van der Waals surface area contributed by atoms with Crippen molar-refractivity contribution in [2.75, 3.05) is 12.0 Å². The van der Waals surface area contributed by atoms with Crippen LogP contribution in [0.15, 0.2) is 79.0 Å². The molecule has 0 radical (unpaired) electrons. The maximum Gasteiger partial charge on any atom is 0.240 e. The first-order valence-electron chi connectivity index (χ1n) is 11.4. The number of amides is 2. The number of fused-ring (bicyclic) bond motifs is 5. The molecule has 2 amide bonds. The summed E-state index contributed by atoms with van der Waals surface area (Å²) in [6, 6.07) is 20.3. The van der Waals surface area contributed by atoms with E-state index in [4.69, 9.17) is 16.3 Å². The number of Topliss-reactive ketones (excluding diaryl/α,β-unsaturated/α-hetero) is 1. The van der Waals surface area contributed by atoms with Crippen molar-refractivity contribution in [3.63, 3.8) is 0 Å². The lowest BCUT2D eigenvalue weighted by Crippen LogP contribution is -2.44. The Balaban J connectivity index is 1.52. The number of rotatable bonds is 4. The van der Waals surface area contributed by atoms with Crippen LogP contribution in [0.3, 0.4) is 0 Å². The van der Waals surface area contributed by atoms with E-state index in [1.165, 1.54) is 7.11 Å². The number of benzene rings is 3. The molecule has 6 nitrogen and oxygen atoms in total. The number of hydrogen-bond acceptors (Lipinski definition) is 5. The van der Waals surface area contributed by atoms with Crippen molar-refractivity contribution in [2.24, 2.45) is 11.8 Å². The number of carbonyl (C=O) groups is 3. The van der Waals surface area contributed by atoms with Crippen LogP contribution in [0.2, 0.25) is 5.02 Å². The zero-order valence-electron chi connectivity index (χ0n) is 18.8. The Kier molecular flexibility index (Phi) is 5.00. The first kappa shape index (κ1) is 21.6. The minimum Gasteiger partial charge on any atom is -0.495 e. The summed E-state index contributed by atoms with van der Waals surface area (Å²) in [5, 5.41) is 0.378. The number of hydrogen-bond donors (Lipinski definition) is 0. The molecule has 3 aliphatic rings. The van der Waals surface area contributed by atoms with Crippen LogP contribution in [0.5, 0.6) is 5.75 Å². The standard InChI is InChI=1S/C28H21ClN2O4/c1-35-21-12-11-18(29)15-20(21)31-27(33)22-23(28(31)34)25(26(32)17-8-3-2-4-9-17)30-14-13-16-7-5-6-10-19(16)24(22)30/h2-15,22-25H,1H3/t22-,23+,24+,25-/m0/s1. The lowest BCUT2D eigenvalue weighted by atomic mass is 9.83. The zero-order valence-corrected chi connectivity index (χ0v) is 19.6. The summed E-state index contributed by atoms with van der Waals surface area (Å²) < 4.78 is 5.44. The maximum absolute atomic E-state index is 14.0. The van der Waals surface area contributed by atoms with E-state index in [0.29, 0.717) is 22.0 Å². The normalized spacial score (nSPS) is 24.3. The molecule has 0 aromatic heterocycles. The average Bonchev–Trinajstić information content (AvgIpc) is 3.36. The van der Waals surface area contributed by atoms with E-state index in [9.17, 15) is 14.4 Å². The van der Waals surface area contributed by atoms with Crippen LogP contribution in [0, 0.1) is 11.8 Å². The molecule has 0 N–H and O–H groups in total. The van der Waals surface area contributed by atoms with Gasteiger partial charge in [-0.2, -0.15) is 0 Å². The highest BCUT2D eigenvalue weighted by atomic mass is 35.5. The highest BCUT2D eigenvalue weighted by molar-refractivity contribution is 6.32. The minimum absolute atomic E-state index is 0.187. The molecule has 4 atom stereocenters. The summed E-state index contributed by atoms with van der Waals surface area (Å²) in [5.41, 5.74) is 2.69. The topological polar surface area (TPSA) is 66.9 Å². The predicted molar refractivity (Wildman–Crippen MR) is 132 cm³/mol. The third-order valence-corrected chi connectivity index (χ3v) is 7.41. The van der Waals surface area contributed by atoms with E-state index in [1.54, 1.807) is 42.5 Å². The SMILES string of the molecule is COc1ccc(Cl)cc1N1C(=O)[C@@H]2[C@H](C1=O)[C@H]1c3ccccc3C=CN1[C@@H]2C(=O)c1ccccc1. The molecule has 0 bridgehead atoms. The molecule has 2 fully saturated rings. The van der Waals surface area contributed by atoms with Crippen molar-refractivity contribution in [3.05, 3.63) is 101 Å². The molecule has 0 unspecified atom stereocenters. The third kappa shape index (κ3) is 3.13. The number of methoxy groups -OCH3 is 1. The molecular formula is C28H21ClN2O4. The Morgan fingerprint density at radius 2 is 1.63 bits per heavy atom. The quantitative estimate of drug-likeness (QED) is 0.395. The van der Waals surface area contributed by atoms with Gasteiger partial charge in [0.1, 0.15) is 11.8 Å². The summed E-state index contributed by atoms with van der Waals surface area (Å²) >= 11 is 6.23. The van der Waals surface area contributed by atoms with Gasteiger partial charge in [0.05, 0.1) is 30.7 Å². The van der Waals surface area contributed by atoms with Crippen molar-refractivity contribution in [3.8, 4) is 5.75 Å². The molecule has 0 spiro atoms. The molecular weight excluding hydrogens is 464 g/mol. The summed E-state index contributed by atoms with van der Waals surface area (Å²) in [6.07, 6.45) is 3.78. The zero-order chi connectivity index (χ0) is 24.3. The number of ether oxygens (including phenoxy) is 1. The van der Waals surface area contributed by atoms with Crippen molar-refractivity contribution in [2.45, 2.75) is 12.1 Å². The Morgan fingerprint density at radius 3 is 2.40 bits per heavy atom. The van der Waals surface area contributed by atoms with E-state index >= 15 is 0 Å². The summed E-state index contributed by atoms with van der Waals surface area (Å²) in [5.74, 6) is -2.18. The van der Waals surface area contributed by atoms with Crippen molar-refractivity contribution in [1.29, 1.82) is 0 Å². The van der Waals surface area contributed by atoms with Crippen LogP contribution in [0.4, 0.5) is 5.69 Å². The molecule has 2 saturated heterocycles. The molecule has 35 heavy (non-hydrogen) atoms. The van der Waals surface area contributed by atoms with Crippen LogP contribution in [-0.4, -0.2) is 35.6 Å². The smallest absolute Gasteiger partial charge is 0.240 e. The molecule has 6 rings (SSSR count). The van der Waals surface area contributed by atoms with Crippen LogP contribution in [0.25, 0.3) is 6.08 Å². The predicted octanol–water partition coefficient (Wildman–Crippen LogP) is 4.75. The first-order chi connectivity index (χ1) is 17.0. The summed E-state index contributed by atoms with van der Waals surface area (Å²) in [7, 11) is 1.48. The number of halogens is 1. The average molecular weight is 485 g/mol. The number of nitrogens with zero attached hydrogens (tertiary/aromatic N) is 2. The Bertz CT molecular complexity index is 1400. The molecule has 3 heterocycles. The van der Waals surface area contributed by atoms with Gasteiger partial charge < -0.3 is 9.64 Å². The number of anilines is 1. The van der Waals surface area contributed by atoms with Gasteiger partial charge in [-0.05, 0) is 35.4 Å². The van der Waals surface area contributed by atoms with Gasteiger partial charge in [0.25, 0.3) is 0 Å². The Labute approximate surface area is 207 Å².